The Morgan fingerprint density at radius 2 is 1.20 bits per heavy atom. The molecule has 0 saturated carbocycles. The van der Waals surface area contributed by atoms with E-state index in [1.807, 2.05) is 13.8 Å². The van der Waals surface area contributed by atoms with Crippen LogP contribution >= 0.6 is 95.6 Å². The first kappa shape index (κ1) is 29.3. The fourth-order valence-corrected chi connectivity index (χ4v) is 3.53. The third-order valence-electron chi connectivity index (χ3n) is 4.78. The number of hydrogen-bond acceptors (Lipinski definition) is 6. The maximum atomic E-state index is 13.2. The highest BCUT2D eigenvalue weighted by Crippen LogP contribution is 2.38. The van der Waals surface area contributed by atoms with Crippen molar-refractivity contribution in [1.29, 1.82) is 0 Å². The average Bonchev–Trinajstić information content (AvgIpc) is 2.62. The summed E-state index contributed by atoms with van der Waals surface area (Å²) in [6.45, 7) is 6.53. The van der Waals surface area contributed by atoms with Crippen molar-refractivity contribution >= 4 is 113 Å². The molecule has 0 atom stereocenters. The van der Waals surface area contributed by atoms with Crippen molar-refractivity contribution in [1.82, 2.24) is 0 Å². The molecule has 0 aromatic rings. The number of carbonyl (C=O) groups is 3. The van der Waals surface area contributed by atoms with E-state index in [-0.39, 0.29) is 19.1 Å². The number of alkyl halides is 6. The monoisotopic (exact) mass is 812 g/mol. The molecule has 2 N–H and O–H groups in total. The van der Waals surface area contributed by atoms with Gasteiger partial charge in [0.2, 0.25) is 4.29 Å². The number of quaternary nitrogens is 1. The van der Waals surface area contributed by atoms with Gasteiger partial charge in [-0.1, -0.05) is 0 Å². The molecular formula is C17H24Br6NO6+. The third kappa shape index (κ3) is 9.24. The predicted molar refractivity (Wildman–Crippen MR) is 134 cm³/mol. The molecule has 0 spiro atoms. The first-order chi connectivity index (χ1) is 13.5. The summed E-state index contributed by atoms with van der Waals surface area (Å²) in [4.78, 5) is 37.4. The van der Waals surface area contributed by atoms with Crippen LogP contribution in [0.5, 0.6) is 0 Å². The Morgan fingerprint density at radius 1 is 0.800 bits per heavy atom. The molecule has 174 valence electrons. The van der Waals surface area contributed by atoms with E-state index in [1.54, 1.807) is 0 Å². The summed E-state index contributed by atoms with van der Waals surface area (Å²) in [5, 5.41) is 2.23. The highest BCUT2D eigenvalue weighted by molar-refractivity contribution is 9.40. The summed E-state index contributed by atoms with van der Waals surface area (Å²) < 4.78 is 13.8. The van der Waals surface area contributed by atoms with E-state index in [2.05, 4.69) is 101 Å². The molecule has 0 radical (unpaired) electrons. The number of ether oxygens (including phenoxy) is 3. The van der Waals surface area contributed by atoms with Crippen LogP contribution in [0.25, 0.3) is 0 Å². The highest BCUT2D eigenvalue weighted by atomic mass is 80.0. The van der Waals surface area contributed by atoms with Gasteiger partial charge in [0, 0.05) is 18.8 Å². The fourth-order valence-electron chi connectivity index (χ4n) is 2.84. The van der Waals surface area contributed by atoms with Gasteiger partial charge in [0.1, 0.15) is 24.2 Å². The maximum Gasteiger partial charge on any atom is 0.344 e. The lowest BCUT2D eigenvalue weighted by Gasteiger charge is -2.38. The second kappa shape index (κ2) is 11.6. The molecule has 1 aliphatic rings. The molecule has 0 bridgehead atoms. The largest absolute Gasteiger partial charge is 0.462 e. The summed E-state index contributed by atoms with van der Waals surface area (Å²) in [5.74, 6) is -1.81. The van der Waals surface area contributed by atoms with Crippen LogP contribution in [-0.4, -0.2) is 54.1 Å². The van der Waals surface area contributed by atoms with Crippen LogP contribution in [0.2, 0.25) is 0 Å². The standard InChI is InChI=1S/C17H23Br6NO6/c1-14(2,10-4-6-24-7-5-10)30-11(25)15(3,8-28-12(26)16(18,19)20)9-29-13(27)17(21,22)23/h10,24H,4-9H2,1-3H3/p+1. The molecule has 30 heavy (non-hydrogen) atoms. The predicted octanol–water partition coefficient (Wildman–Crippen LogP) is 4.05. The number of piperidine rings is 1. The zero-order valence-electron chi connectivity index (χ0n) is 16.6. The summed E-state index contributed by atoms with van der Waals surface area (Å²) in [6.07, 6.45) is 1.86. The van der Waals surface area contributed by atoms with Crippen LogP contribution < -0.4 is 5.32 Å². The lowest BCUT2D eigenvalue weighted by atomic mass is 9.83. The van der Waals surface area contributed by atoms with Gasteiger partial charge in [0.05, 0.1) is 13.1 Å². The number of halogens is 6. The van der Waals surface area contributed by atoms with Crippen LogP contribution in [0.4, 0.5) is 0 Å². The first-order valence-electron chi connectivity index (χ1n) is 9.02. The minimum Gasteiger partial charge on any atom is -0.462 e. The Hall–Kier alpha value is 1.25. The number of esters is 3. The van der Waals surface area contributed by atoms with E-state index in [0.717, 1.165) is 25.9 Å². The van der Waals surface area contributed by atoms with E-state index < -0.39 is 33.2 Å². The van der Waals surface area contributed by atoms with Crippen LogP contribution in [-0.2, 0) is 28.6 Å². The van der Waals surface area contributed by atoms with E-state index in [9.17, 15) is 14.4 Å². The summed E-state index contributed by atoms with van der Waals surface area (Å²) in [7, 11) is 0. The van der Waals surface area contributed by atoms with Gasteiger partial charge >= 0.3 is 17.9 Å². The van der Waals surface area contributed by atoms with Gasteiger partial charge in [-0.3, -0.25) is 4.79 Å². The number of nitrogens with two attached hydrogens (primary N) is 1. The Kier molecular flexibility index (Phi) is 11.3. The van der Waals surface area contributed by atoms with Crippen molar-refractivity contribution in [3.05, 3.63) is 0 Å². The van der Waals surface area contributed by atoms with Crippen LogP contribution in [0, 0.1) is 11.3 Å². The lowest BCUT2D eigenvalue weighted by molar-refractivity contribution is -0.665. The summed E-state index contributed by atoms with van der Waals surface area (Å²) in [6, 6.07) is 0. The van der Waals surface area contributed by atoms with Crippen molar-refractivity contribution in [3.63, 3.8) is 0 Å². The van der Waals surface area contributed by atoms with Gasteiger partial charge in [-0.25, -0.2) is 9.59 Å². The highest BCUT2D eigenvalue weighted by Gasteiger charge is 2.45. The molecule has 0 aromatic heterocycles. The molecule has 1 fully saturated rings. The molecule has 1 rings (SSSR count). The number of rotatable bonds is 7. The zero-order chi connectivity index (χ0) is 23.4. The van der Waals surface area contributed by atoms with Gasteiger partial charge in [-0.05, 0) is 116 Å². The van der Waals surface area contributed by atoms with Gasteiger partial charge in [0.25, 0.3) is 0 Å². The molecule has 13 heteroatoms. The van der Waals surface area contributed by atoms with Crippen LogP contribution in [0.1, 0.15) is 33.6 Å². The molecule has 0 unspecified atom stereocenters. The van der Waals surface area contributed by atoms with Crippen LogP contribution in [0.3, 0.4) is 0 Å². The van der Waals surface area contributed by atoms with E-state index in [1.165, 1.54) is 6.92 Å². The Morgan fingerprint density at radius 3 is 1.57 bits per heavy atom. The second-order valence-electron chi connectivity index (χ2n) is 7.84. The lowest BCUT2D eigenvalue weighted by Crippen LogP contribution is -2.86. The van der Waals surface area contributed by atoms with Crippen molar-refractivity contribution in [2.45, 2.75) is 43.5 Å². The minimum atomic E-state index is -1.42. The van der Waals surface area contributed by atoms with E-state index in [4.69, 9.17) is 14.2 Å². The van der Waals surface area contributed by atoms with Gasteiger partial charge < -0.3 is 19.5 Å². The molecule has 0 amide bonds. The number of hydrogen-bond donors (Lipinski definition) is 1. The van der Waals surface area contributed by atoms with Crippen molar-refractivity contribution in [2.75, 3.05) is 26.3 Å². The van der Waals surface area contributed by atoms with Crippen molar-refractivity contribution in [3.8, 4) is 0 Å². The fraction of sp³-hybridized carbons (Fsp3) is 0.824. The second-order valence-corrected chi connectivity index (χ2v) is 21.4. The quantitative estimate of drug-likeness (QED) is 0.237. The Balaban J connectivity index is 2.97. The molecule has 1 saturated heterocycles. The normalized spacial score (nSPS) is 16.7. The topological polar surface area (TPSA) is 95.5 Å². The zero-order valence-corrected chi connectivity index (χ0v) is 26.1. The Labute approximate surface area is 226 Å². The van der Waals surface area contributed by atoms with Crippen molar-refractivity contribution < 1.29 is 33.9 Å². The van der Waals surface area contributed by atoms with Crippen molar-refractivity contribution in [2.24, 2.45) is 11.3 Å². The molecule has 1 aliphatic heterocycles. The van der Waals surface area contributed by atoms with Gasteiger partial charge in [-0.2, -0.15) is 0 Å². The Bertz CT molecular complexity index is 610. The SMILES string of the molecule is CC(COC(=O)C(Br)(Br)Br)(COC(=O)C(Br)(Br)Br)C(=O)OC(C)(C)C1CC[NH2+]CC1. The van der Waals surface area contributed by atoms with Crippen LogP contribution in [0.15, 0.2) is 0 Å². The summed E-state index contributed by atoms with van der Waals surface area (Å²) >= 11 is 18.4. The smallest absolute Gasteiger partial charge is 0.344 e. The van der Waals surface area contributed by atoms with E-state index >= 15 is 0 Å². The molecule has 1 heterocycles. The third-order valence-corrected chi connectivity index (χ3v) is 6.72. The minimum absolute atomic E-state index is 0.210. The van der Waals surface area contributed by atoms with Gasteiger partial charge in [0.15, 0.2) is 0 Å². The maximum absolute atomic E-state index is 13.2. The molecule has 7 nitrogen and oxygen atoms in total. The van der Waals surface area contributed by atoms with Gasteiger partial charge in [-0.15, -0.1) is 0 Å². The molecule has 0 aromatic carbocycles. The average molecular weight is 818 g/mol. The first-order valence-corrected chi connectivity index (χ1v) is 13.8. The number of carbonyl (C=O) groups excluding carboxylic acids is 3. The molecule has 0 aliphatic carbocycles. The summed E-state index contributed by atoms with van der Waals surface area (Å²) in [5.41, 5.74) is -2.13. The van der Waals surface area contributed by atoms with E-state index in [0.29, 0.717) is 0 Å². The molecular weight excluding hydrogens is 794 g/mol.